The van der Waals surface area contributed by atoms with Gasteiger partial charge in [-0.25, -0.2) is 4.99 Å². The molecule has 0 aliphatic carbocycles. The van der Waals surface area contributed by atoms with Gasteiger partial charge in [-0.3, -0.25) is 14.5 Å². The highest BCUT2D eigenvalue weighted by atomic mass is 32.2. The monoisotopic (exact) mass is 537 g/mol. The molecule has 0 N–H and O–H groups in total. The maximum atomic E-state index is 13.6. The number of rotatable bonds is 9. The number of morpholine rings is 1. The van der Waals surface area contributed by atoms with E-state index in [9.17, 15) is 9.59 Å². The van der Waals surface area contributed by atoms with E-state index in [0.717, 1.165) is 17.1 Å². The van der Waals surface area contributed by atoms with Crippen molar-refractivity contribution in [1.29, 1.82) is 0 Å². The second kappa shape index (κ2) is 13.0. The van der Waals surface area contributed by atoms with Gasteiger partial charge in [-0.1, -0.05) is 30.8 Å². The molecule has 2 heterocycles. The van der Waals surface area contributed by atoms with Gasteiger partial charge < -0.3 is 19.1 Å². The molecule has 2 aromatic rings. The van der Waals surface area contributed by atoms with Gasteiger partial charge in [0.25, 0.3) is 5.91 Å². The molecule has 202 valence electrons. The summed E-state index contributed by atoms with van der Waals surface area (Å²) in [5, 5.41) is 0.121. The van der Waals surface area contributed by atoms with Crippen LogP contribution in [-0.4, -0.2) is 66.1 Å². The molecule has 38 heavy (non-hydrogen) atoms. The Morgan fingerprint density at radius 1 is 1.05 bits per heavy atom. The van der Waals surface area contributed by atoms with Crippen molar-refractivity contribution in [2.24, 2.45) is 4.99 Å². The fraction of sp³-hybridized carbons (Fsp3) is 0.414. The molecular weight excluding hydrogens is 502 g/mol. The van der Waals surface area contributed by atoms with Crippen LogP contribution < -0.4 is 14.4 Å². The van der Waals surface area contributed by atoms with E-state index in [0.29, 0.717) is 55.9 Å². The molecular formula is C29H35N3O5S. The molecule has 0 saturated carbocycles. The minimum Gasteiger partial charge on any atom is -0.494 e. The summed E-state index contributed by atoms with van der Waals surface area (Å²) in [7, 11) is 0. The van der Waals surface area contributed by atoms with Crippen LogP contribution in [-0.2, 0) is 14.3 Å². The van der Waals surface area contributed by atoms with Crippen LogP contribution in [0, 0.1) is 0 Å². The number of aliphatic imine (C=N–C) groups is 1. The van der Waals surface area contributed by atoms with Crippen molar-refractivity contribution in [1.82, 2.24) is 4.90 Å². The highest BCUT2D eigenvalue weighted by Gasteiger charge is 2.36. The number of carbonyl (C=O) groups is 2. The molecule has 2 aliphatic heterocycles. The number of ether oxygens (including phenoxy) is 3. The number of nitrogens with zero attached hydrogens (tertiary/aromatic N) is 3. The quantitative estimate of drug-likeness (QED) is 0.420. The molecule has 1 fully saturated rings. The van der Waals surface area contributed by atoms with Crippen LogP contribution in [0.5, 0.6) is 11.5 Å². The van der Waals surface area contributed by atoms with E-state index in [4.69, 9.17) is 19.2 Å². The Labute approximate surface area is 228 Å². The Kier molecular flexibility index (Phi) is 9.47. The molecule has 2 aromatic carbocycles. The Hall–Kier alpha value is -3.30. The van der Waals surface area contributed by atoms with Crippen LogP contribution in [0.3, 0.4) is 0 Å². The Balaban J connectivity index is 1.63. The first-order valence-corrected chi connectivity index (χ1v) is 13.9. The van der Waals surface area contributed by atoms with Crippen LogP contribution in [0.1, 0.15) is 39.7 Å². The zero-order chi connectivity index (χ0) is 27.1. The molecule has 9 heteroatoms. The summed E-state index contributed by atoms with van der Waals surface area (Å²) in [6.45, 7) is 10.6. The topological polar surface area (TPSA) is 80.7 Å². The number of anilines is 1. The SMILES string of the molecule is CCOc1ccc(N2C(=O)/C(=C\c3ccc(OC(C)C)cc3)N=C2S[C@H](CC)C(=O)N2CCOCC2)cc1. The minimum absolute atomic E-state index is 0.0424. The predicted molar refractivity (Wildman–Crippen MR) is 152 cm³/mol. The standard InChI is InChI=1S/C29H35N3O5S/c1-5-26(28(34)31-15-17-35-18-16-31)38-29-30-25(19-21-7-11-24(12-8-21)37-20(3)4)27(33)32(29)22-9-13-23(14-10-22)36-6-2/h7-14,19-20,26H,5-6,15-18H2,1-4H3/b25-19+/t26-/m1/s1. The first-order chi connectivity index (χ1) is 18.4. The second-order valence-corrected chi connectivity index (χ2v) is 10.3. The Morgan fingerprint density at radius 3 is 2.32 bits per heavy atom. The molecule has 4 rings (SSSR count). The molecule has 2 aliphatic rings. The van der Waals surface area contributed by atoms with Crippen molar-refractivity contribution < 1.29 is 23.8 Å². The lowest BCUT2D eigenvalue weighted by atomic mass is 10.2. The average Bonchev–Trinajstić information content (AvgIpc) is 3.23. The summed E-state index contributed by atoms with van der Waals surface area (Å²) in [4.78, 5) is 35.1. The molecule has 0 unspecified atom stereocenters. The summed E-state index contributed by atoms with van der Waals surface area (Å²) >= 11 is 1.33. The fourth-order valence-corrected chi connectivity index (χ4v) is 5.27. The van der Waals surface area contributed by atoms with Gasteiger partial charge in [0.1, 0.15) is 17.2 Å². The third-order valence-electron chi connectivity index (χ3n) is 6.01. The molecule has 0 bridgehead atoms. The molecule has 0 aromatic heterocycles. The van der Waals surface area contributed by atoms with Crippen LogP contribution in [0.2, 0.25) is 0 Å². The van der Waals surface area contributed by atoms with Gasteiger partial charge in [-0.15, -0.1) is 0 Å². The van der Waals surface area contributed by atoms with E-state index in [1.807, 2.05) is 81.1 Å². The minimum atomic E-state index is -0.364. The van der Waals surface area contributed by atoms with Gasteiger partial charge in [0.15, 0.2) is 5.17 Å². The zero-order valence-corrected chi connectivity index (χ0v) is 23.2. The van der Waals surface area contributed by atoms with E-state index in [1.165, 1.54) is 11.8 Å². The molecule has 0 spiro atoms. The zero-order valence-electron chi connectivity index (χ0n) is 22.4. The molecule has 1 saturated heterocycles. The van der Waals surface area contributed by atoms with Gasteiger partial charge in [-0.05, 0) is 75.2 Å². The van der Waals surface area contributed by atoms with Crippen LogP contribution in [0.4, 0.5) is 5.69 Å². The van der Waals surface area contributed by atoms with E-state index in [-0.39, 0.29) is 23.2 Å². The van der Waals surface area contributed by atoms with Crippen molar-refractivity contribution in [2.75, 3.05) is 37.8 Å². The van der Waals surface area contributed by atoms with E-state index >= 15 is 0 Å². The van der Waals surface area contributed by atoms with E-state index in [2.05, 4.69) is 0 Å². The number of benzene rings is 2. The third-order valence-corrected chi connectivity index (χ3v) is 7.31. The Morgan fingerprint density at radius 2 is 1.71 bits per heavy atom. The Bertz CT molecular complexity index is 1170. The first kappa shape index (κ1) is 27.7. The first-order valence-electron chi connectivity index (χ1n) is 13.1. The number of hydrogen-bond acceptors (Lipinski definition) is 7. The summed E-state index contributed by atoms with van der Waals surface area (Å²) in [6.07, 6.45) is 2.46. The van der Waals surface area contributed by atoms with Crippen molar-refractivity contribution in [3.63, 3.8) is 0 Å². The molecule has 2 amide bonds. The fourth-order valence-electron chi connectivity index (χ4n) is 4.16. The highest BCUT2D eigenvalue weighted by molar-refractivity contribution is 8.15. The van der Waals surface area contributed by atoms with E-state index in [1.54, 1.807) is 11.0 Å². The van der Waals surface area contributed by atoms with Crippen LogP contribution >= 0.6 is 11.8 Å². The normalized spacial score (nSPS) is 17.7. The largest absolute Gasteiger partial charge is 0.494 e. The maximum absolute atomic E-state index is 13.6. The molecule has 8 nitrogen and oxygen atoms in total. The number of hydrogen-bond donors (Lipinski definition) is 0. The van der Waals surface area contributed by atoms with Gasteiger partial charge >= 0.3 is 0 Å². The summed E-state index contributed by atoms with van der Waals surface area (Å²) < 4.78 is 16.7. The van der Waals surface area contributed by atoms with E-state index < -0.39 is 0 Å². The van der Waals surface area contributed by atoms with Crippen molar-refractivity contribution in [2.45, 2.75) is 45.5 Å². The lowest BCUT2D eigenvalue weighted by molar-refractivity contribution is -0.134. The van der Waals surface area contributed by atoms with Gasteiger partial charge in [0, 0.05) is 13.1 Å². The second-order valence-electron chi connectivity index (χ2n) is 9.18. The third kappa shape index (κ3) is 6.76. The summed E-state index contributed by atoms with van der Waals surface area (Å²) in [5.41, 5.74) is 1.82. The predicted octanol–water partition coefficient (Wildman–Crippen LogP) is 4.99. The summed E-state index contributed by atoms with van der Waals surface area (Å²) in [6, 6.07) is 14.9. The highest BCUT2D eigenvalue weighted by Crippen LogP contribution is 2.33. The lowest BCUT2D eigenvalue weighted by Gasteiger charge is -2.30. The average molecular weight is 538 g/mol. The maximum Gasteiger partial charge on any atom is 0.283 e. The molecule has 1 atom stereocenters. The van der Waals surface area contributed by atoms with Gasteiger partial charge in [0.2, 0.25) is 5.91 Å². The van der Waals surface area contributed by atoms with Crippen molar-refractivity contribution >= 4 is 40.5 Å². The van der Waals surface area contributed by atoms with Crippen molar-refractivity contribution in [3.05, 3.63) is 59.8 Å². The van der Waals surface area contributed by atoms with Crippen LogP contribution in [0.25, 0.3) is 6.08 Å². The van der Waals surface area contributed by atoms with Gasteiger partial charge in [-0.2, -0.15) is 0 Å². The molecule has 0 radical (unpaired) electrons. The number of amidine groups is 1. The van der Waals surface area contributed by atoms with Crippen molar-refractivity contribution in [3.8, 4) is 11.5 Å². The van der Waals surface area contributed by atoms with Crippen LogP contribution in [0.15, 0.2) is 59.2 Å². The number of thioether (sulfide) groups is 1. The number of amides is 2. The van der Waals surface area contributed by atoms with Gasteiger partial charge in [0.05, 0.1) is 36.9 Å². The number of carbonyl (C=O) groups excluding carboxylic acids is 2. The lowest BCUT2D eigenvalue weighted by Crippen LogP contribution is -2.45. The smallest absolute Gasteiger partial charge is 0.283 e. The summed E-state index contributed by atoms with van der Waals surface area (Å²) in [5.74, 6) is 1.29.